The summed E-state index contributed by atoms with van der Waals surface area (Å²) < 4.78 is 29.7. The highest BCUT2D eigenvalue weighted by Crippen LogP contribution is 2.42. The van der Waals surface area contributed by atoms with Crippen LogP contribution in [0.25, 0.3) is 44.7 Å². The van der Waals surface area contributed by atoms with Crippen molar-refractivity contribution >= 4 is 34.7 Å². The largest absolute Gasteiger partial charge is 0.491 e. The topological polar surface area (TPSA) is 200 Å². The number of aromatic amines is 2. The van der Waals surface area contributed by atoms with Gasteiger partial charge in [-0.05, 0) is 61.8 Å². The van der Waals surface area contributed by atoms with Crippen LogP contribution < -0.4 is 15.4 Å². The zero-order valence-corrected chi connectivity index (χ0v) is 35.0. The van der Waals surface area contributed by atoms with E-state index in [1.165, 1.54) is 7.11 Å². The van der Waals surface area contributed by atoms with E-state index in [9.17, 15) is 24.3 Å². The smallest absolute Gasteiger partial charge is 0.407 e. The molecule has 0 saturated carbocycles. The molecule has 5 aromatic rings. The number of imidazole rings is 2. The molecule has 3 aliphatic rings. The number of carbonyl (C=O) groups excluding carboxylic acids is 4. The summed E-state index contributed by atoms with van der Waals surface area (Å²) in [5.41, 5.74) is 4.70. The number of alkyl carbamates (subject to hydrolysis) is 1. The zero-order valence-electron chi connectivity index (χ0n) is 35.0. The first-order valence-electron chi connectivity index (χ1n) is 20.9. The number of halogens is 1. The molecular formula is C44H52FN9O7. The minimum absolute atomic E-state index is 0.149. The molecule has 322 valence electrons. The number of nitrogens with zero attached hydrogens (tertiary/aromatic N) is 5. The van der Waals surface area contributed by atoms with Crippen molar-refractivity contribution in [3.05, 3.63) is 66.3 Å². The molecule has 0 spiro atoms. The minimum atomic E-state index is -0.778. The molecular weight excluding hydrogens is 786 g/mol. The molecule has 0 aliphatic carbocycles. The quantitative estimate of drug-likeness (QED) is 0.115. The minimum Gasteiger partial charge on any atom is -0.491 e. The number of carbonyl (C=O) groups is 4. The van der Waals surface area contributed by atoms with E-state index in [1.54, 1.807) is 22.2 Å². The van der Waals surface area contributed by atoms with Gasteiger partial charge in [0.2, 0.25) is 17.7 Å². The van der Waals surface area contributed by atoms with Gasteiger partial charge < -0.3 is 49.5 Å². The highest BCUT2D eigenvalue weighted by atomic mass is 19.1. The highest BCUT2D eigenvalue weighted by Gasteiger charge is 2.39. The second-order valence-corrected chi connectivity index (χ2v) is 16.7. The lowest BCUT2D eigenvalue weighted by atomic mass is 10.0. The molecule has 0 unspecified atom stereocenters. The van der Waals surface area contributed by atoms with Crippen LogP contribution in [0.1, 0.15) is 77.1 Å². The van der Waals surface area contributed by atoms with E-state index in [0.29, 0.717) is 72.4 Å². The Labute approximate surface area is 352 Å². The molecule has 0 bridgehead atoms. The van der Waals surface area contributed by atoms with Crippen LogP contribution >= 0.6 is 0 Å². The zero-order chi connectivity index (χ0) is 43.1. The molecule has 2 saturated heterocycles. The second kappa shape index (κ2) is 17.0. The SMILES string of the molecule is COC(=O)N[C@H](C(=O)N1CCC[C@@H]1c1ncc(-c2ccc3c(c2)OCCn2c-3c(F)c3cc(-c4cnc([C@@H]5CCCN5C(=O)[C@@H](NC(=O)CO)C(C)C)[nH]4)ccc32)[nH]1)C(C)C. The third kappa shape index (κ3) is 7.82. The summed E-state index contributed by atoms with van der Waals surface area (Å²) in [5.74, 6) is 0.0648. The van der Waals surface area contributed by atoms with Gasteiger partial charge in [-0.25, -0.2) is 19.2 Å². The Hall–Kier alpha value is -6.23. The number of rotatable bonds is 11. The number of methoxy groups -OCH3 is 1. The number of aliphatic hydroxyl groups is 1. The monoisotopic (exact) mass is 837 g/mol. The number of nitrogens with one attached hydrogen (secondary N) is 4. The summed E-state index contributed by atoms with van der Waals surface area (Å²) in [6.45, 7) is 8.56. The van der Waals surface area contributed by atoms with Crippen molar-refractivity contribution in [1.82, 2.24) is 44.9 Å². The van der Waals surface area contributed by atoms with Gasteiger partial charge in [-0.15, -0.1) is 0 Å². The molecule has 17 heteroatoms. The summed E-state index contributed by atoms with van der Waals surface area (Å²) in [7, 11) is 1.27. The molecule has 3 aliphatic heterocycles. The van der Waals surface area contributed by atoms with Gasteiger partial charge in [0.1, 0.15) is 42.7 Å². The maximum atomic E-state index is 16.7. The predicted octanol–water partition coefficient (Wildman–Crippen LogP) is 5.46. The Balaban J connectivity index is 1.03. The van der Waals surface area contributed by atoms with Crippen LogP contribution in [0.4, 0.5) is 9.18 Å². The van der Waals surface area contributed by atoms with Crippen LogP contribution in [0, 0.1) is 17.7 Å². The van der Waals surface area contributed by atoms with Crippen molar-refractivity contribution in [1.29, 1.82) is 0 Å². The number of benzene rings is 2. The van der Waals surface area contributed by atoms with Gasteiger partial charge in [0, 0.05) is 35.2 Å². The molecule has 3 aromatic heterocycles. The highest BCUT2D eigenvalue weighted by molar-refractivity contribution is 5.93. The van der Waals surface area contributed by atoms with Crippen LogP contribution in [0.15, 0.2) is 48.8 Å². The lowest BCUT2D eigenvalue weighted by Gasteiger charge is -2.30. The summed E-state index contributed by atoms with van der Waals surface area (Å²) in [4.78, 5) is 70.9. The molecule has 16 nitrogen and oxygen atoms in total. The van der Waals surface area contributed by atoms with Crippen LogP contribution in [0.5, 0.6) is 5.75 Å². The summed E-state index contributed by atoms with van der Waals surface area (Å²) in [5, 5.41) is 15.1. The van der Waals surface area contributed by atoms with E-state index < -0.39 is 30.7 Å². The Bertz CT molecular complexity index is 2470. The van der Waals surface area contributed by atoms with Crippen LogP contribution in [0.3, 0.4) is 0 Å². The van der Waals surface area contributed by atoms with Gasteiger partial charge in [-0.3, -0.25) is 14.4 Å². The van der Waals surface area contributed by atoms with E-state index in [0.717, 1.165) is 41.6 Å². The number of amides is 4. The molecule has 2 fully saturated rings. The van der Waals surface area contributed by atoms with E-state index in [4.69, 9.17) is 9.47 Å². The maximum absolute atomic E-state index is 16.7. The first-order chi connectivity index (χ1) is 29.4. The van der Waals surface area contributed by atoms with E-state index >= 15 is 4.39 Å². The normalized spacial score (nSPS) is 18.4. The number of likely N-dealkylation sites (tertiary alicyclic amines) is 2. The van der Waals surface area contributed by atoms with Gasteiger partial charge in [0.25, 0.3) is 0 Å². The fourth-order valence-corrected chi connectivity index (χ4v) is 8.95. The molecule has 0 radical (unpaired) electrons. The number of hydrogen-bond acceptors (Lipinski definition) is 9. The molecule has 4 atom stereocenters. The first kappa shape index (κ1) is 41.5. The number of aliphatic hydroxyl groups excluding tert-OH is 1. The first-order valence-corrected chi connectivity index (χ1v) is 20.9. The Kier molecular flexibility index (Phi) is 11.6. The molecule has 8 rings (SSSR count). The third-order valence-corrected chi connectivity index (χ3v) is 12.1. The predicted molar refractivity (Wildman–Crippen MR) is 223 cm³/mol. The fourth-order valence-electron chi connectivity index (χ4n) is 8.95. The summed E-state index contributed by atoms with van der Waals surface area (Å²) in [6.07, 6.45) is 5.74. The van der Waals surface area contributed by atoms with Gasteiger partial charge in [-0.2, -0.15) is 0 Å². The van der Waals surface area contributed by atoms with Crippen molar-refractivity contribution in [2.24, 2.45) is 11.8 Å². The maximum Gasteiger partial charge on any atom is 0.407 e. The molecule has 5 N–H and O–H groups in total. The third-order valence-electron chi connectivity index (χ3n) is 12.1. The summed E-state index contributed by atoms with van der Waals surface area (Å²) >= 11 is 0. The number of hydrogen-bond donors (Lipinski definition) is 5. The van der Waals surface area contributed by atoms with Crippen LogP contribution in [-0.4, -0.2) is 109 Å². The molecule has 2 aromatic carbocycles. The Morgan fingerprint density at radius 2 is 1.43 bits per heavy atom. The molecule has 4 amide bonds. The summed E-state index contributed by atoms with van der Waals surface area (Å²) in [6, 6.07) is 9.14. The Morgan fingerprint density at radius 1 is 0.852 bits per heavy atom. The van der Waals surface area contributed by atoms with Gasteiger partial charge >= 0.3 is 6.09 Å². The van der Waals surface area contributed by atoms with Crippen molar-refractivity contribution in [3.8, 4) is 39.5 Å². The van der Waals surface area contributed by atoms with Crippen molar-refractivity contribution in [3.63, 3.8) is 0 Å². The van der Waals surface area contributed by atoms with Gasteiger partial charge in [0.15, 0.2) is 5.82 Å². The van der Waals surface area contributed by atoms with Gasteiger partial charge in [-0.1, -0.05) is 39.8 Å². The number of ether oxygens (including phenoxy) is 2. The van der Waals surface area contributed by atoms with E-state index in [-0.39, 0.29) is 41.6 Å². The number of H-pyrrole nitrogens is 2. The average molecular weight is 838 g/mol. The van der Waals surface area contributed by atoms with E-state index in [1.807, 2.05) is 68.7 Å². The second-order valence-electron chi connectivity index (χ2n) is 16.7. The number of aromatic nitrogens is 5. The fraction of sp³-hybridized carbons (Fsp3) is 0.455. The van der Waals surface area contributed by atoms with E-state index in [2.05, 4.69) is 30.6 Å². The molecule has 6 heterocycles. The standard InChI is InChI=1S/C44H52FN9O7/c1-23(2)37(50-35(56)22-55)42(57)53-14-6-8-32(53)40-46-20-29(48-40)25-11-13-31-28(18-25)36(45)39-27-12-10-26(19-34(27)61-17-16-52(31)39)30-21-47-41(49-30)33-9-7-15-54(33)43(58)38(24(3)4)51-44(59)60-5/h10-13,18-21,23-24,32-33,37-38,55H,6-9,14-17,22H2,1-5H3,(H,46,48)(H,47,49)(H,50,56)(H,51,59)/t32-,33+,37-,38-/m0/s1. The van der Waals surface area contributed by atoms with Crippen LogP contribution in [-0.2, 0) is 25.7 Å². The van der Waals surface area contributed by atoms with Crippen molar-refractivity contribution in [2.75, 3.05) is 33.4 Å². The lowest BCUT2D eigenvalue weighted by molar-refractivity contribution is -0.139. The molecule has 61 heavy (non-hydrogen) atoms. The lowest BCUT2D eigenvalue weighted by Crippen LogP contribution is -2.51. The Morgan fingerprint density at radius 3 is 2.00 bits per heavy atom. The number of fused-ring (bicyclic) bond motifs is 5. The van der Waals surface area contributed by atoms with Crippen LogP contribution in [0.2, 0.25) is 0 Å². The van der Waals surface area contributed by atoms with Gasteiger partial charge in [0.05, 0.1) is 60.7 Å². The van der Waals surface area contributed by atoms with Crippen molar-refractivity contribution in [2.45, 2.75) is 84.1 Å². The average Bonchev–Trinajstić information content (AvgIpc) is 4.11. The van der Waals surface area contributed by atoms with Crippen molar-refractivity contribution < 1.29 is 38.1 Å².